The van der Waals surface area contributed by atoms with Crippen LogP contribution in [0, 0.1) is 13.8 Å². The zero-order valence-electron chi connectivity index (χ0n) is 22.3. The predicted octanol–water partition coefficient (Wildman–Crippen LogP) is 7.09. The summed E-state index contributed by atoms with van der Waals surface area (Å²) in [6, 6.07) is 32.4. The molecule has 0 spiro atoms. The molecule has 40 heavy (non-hydrogen) atoms. The van der Waals surface area contributed by atoms with Crippen molar-refractivity contribution >= 4 is 29.4 Å². The fourth-order valence-corrected chi connectivity index (χ4v) is 4.58. The minimum Gasteiger partial charge on any atom is -0.325 e. The fraction of sp³-hybridized carbons (Fsp3) is 0.121. The van der Waals surface area contributed by atoms with Gasteiger partial charge in [-0.1, -0.05) is 90.0 Å². The van der Waals surface area contributed by atoms with E-state index in [1.165, 1.54) is 0 Å². The van der Waals surface area contributed by atoms with E-state index >= 15 is 0 Å². The maximum Gasteiger partial charge on any atom is 0.254 e. The van der Waals surface area contributed by atoms with Gasteiger partial charge in [0.15, 0.2) is 0 Å². The molecule has 0 saturated carbocycles. The van der Waals surface area contributed by atoms with Gasteiger partial charge in [0.05, 0.1) is 5.69 Å². The van der Waals surface area contributed by atoms with Crippen LogP contribution in [0.15, 0.2) is 109 Å². The van der Waals surface area contributed by atoms with Crippen LogP contribution in [0.1, 0.15) is 27.0 Å². The van der Waals surface area contributed by atoms with Crippen LogP contribution in [-0.4, -0.2) is 32.8 Å². The topological polar surface area (TPSA) is 67.2 Å². The summed E-state index contributed by atoms with van der Waals surface area (Å²) in [7, 11) is 0. The number of hydrogen-bond acceptors (Lipinski definition) is 3. The van der Waals surface area contributed by atoms with Gasteiger partial charge in [-0.15, -0.1) is 0 Å². The van der Waals surface area contributed by atoms with Gasteiger partial charge in [-0.25, -0.2) is 4.98 Å². The van der Waals surface area contributed by atoms with Crippen LogP contribution in [0.3, 0.4) is 0 Å². The first-order valence-electron chi connectivity index (χ1n) is 13.0. The van der Waals surface area contributed by atoms with Gasteiger partial charge in [0.2, 0.25) is 11.9 Å². The van der Waals surface area contributed by atoms with Crippen molar-refractivity contribution < 1.29 is 9.59 Å². The predicted molar refractivity (Wildman–Crippen MR) is 160 cm³/mol. The average Bonchev–Trinajstić information content (AvgIpc) is 3.37. The molecule has 0 aliphatic heterocycles. The summed E-state index contributed by atoms with van der Waals surface area (Å²) in [5, 5.41) is 3.59. The maximum atomic E-state index is 13.6. The molecule has 1 heterocycles. The van der Waals surface area contributed by atoms with Gasteiger partial charge >= 0.3 is 0 Å². The number of carbonyl (C=O) groups is 2. The molecule has 0 radical (unpaired) electrons. The van der Waals surface area contributed by atoms with Gasteiger partial charge in [0.1, 0.15) is 6.54 Å². The number of amides is 2. The zero-order chi connectivity index (χ0) is 28.1. The van der Waals surface area contributed by atoms with Crippen molar-refractivity contribution in [2.45, 2.75) is 20.4 Å². The smallest absolute Gasteiger partial charge is 0.254 e. The Balaban J connectivity index is 1.45. The van der Waals surface area contributed by atoms with Gasteiger partial charge in [-0.05, 0) is 55.3 Å². The van der Waals surface area contributed by atoms with Crippen molar-refractivity contribution in [1.29, 1.82) is 0 Å². The van der Waals surface area contributed by atoms with Crippen LogP contribution in [0.25, 0.3) is 16.9 Å². The van der Waals surface area contributed by atoms with Gasteiger partial charge in [0, 0.05) is 34.6 Å². The Labute approximate surface area is 238 Å². The highest BCUT2D eigenvalue weighted by atomic mass is 35.5. The van der Waals surface area contributed by atoms with Gasteiger partial charge < -0.3 is 4.90 Å². The third-order valence-corrected chi connectivity index (χ3v) is 6.87. The number of nitrogens with one attached hydrogen (secondary N) is 1. The molecule has 0 aliphatic carbocycles. The molecular formula is C33H29ClN4O2. The second-order valence-corrected chi connectivity index (χ2v) is 10.1. The lowest BCUT2D eigenvalue weighted by molar-refractivity contribution is -0.117. The number of imidazole rings is 1. The van der Waals surface area contributed by atoms with Gasteiger partial charge in [-0.3, -0.25) is 19.5 Å². The molecule has 0 unspecified atom stereocenters. The Morgan fingerprint density at radius 3 is 2.23 bits per heavy atom. The normalized spacial score (nSPS) is 10.8. The Hall–Kier alpha value is -4.68. The summed E-state index contributed by atoms with van der Waals surface area (Å²) in [6.45, 7) is 4.07. The van der Waals surface area contributed by atoms with E-state index in [4.69, 9.17) is 16.6 Å². The summed E-state index contributed by atoms with van der Waals surface area (Å²) in [5.74, 6) is -0.192. The monoisotopic (exact) mass is 548 g/mol. The summed E-state index contributed by atoms with van der Waals surface area (Å²) >= 11 is 6.09. The first-order chi connectivity index (χ1) is 19.4. The van der Waals surface area contributed by atoms with Gasteiger partial charge in [-0.2, -0.15) is 0 Å². The number of benzene rings is 4. The van der Waals surface area contributed by atoms with E-state index in [1.54, 1.807) is 23.1 Å². The third kappa shape index (κ3) is 6.30. The van der Waals surface area contributed by atoms with Crippen molar-refractivity contribution in [3.63, 3.8) is 0 Å². The van der Waals surface area contributed by atoms with Crippen LogP contribution in [-0.2, 0) is 11.3 Å². The Kier molecular flexibility index (Phi) is 8.08. The Morgan fingerprint density at radius 2 is 1.52 bits per heavy atom. The number of carbonyl (C=O) groups excluding carboxylic acids is 2. The van der Waals surface area contributed by atoms with Crippen LogP contribution >= 0.6 is 11.6 Å². The lowest BCUT2D eigenvalue weighted by Gasteiger charge is -2.23. The highest BCUT2D eigenvalue weighted by molar-refractivity contribution is 6.30. The highest BCUT2D eigenvalue weighted by Gasteiger charge is 2.22. The van der Waals surface area contributed by atoms with E-state index in [0.717, 1.165) is 27.9 Å². The molecule has 1 aromatic heterocycles. The lowest BCUT2D eigenvalue weighted by Crippen LogP contribution is -2.38. The maximum absolute atomic E-state index is 13.6. The Morgan fingerprint density at radius 1 is 0.850 bits per heavy atom. The SMILES string of the molecule is Cc1ccc(-n2cc(-c3ccc(Cl)cc3)nc2NC(=O)CN(Cc2ccccc2)C(=O)c2ccccc2C)cc1. The van der Waals surface area contributed by atoms with Crippen molar-refractivity contribution in [3.8, 4) is 16.9 Å². The number of nitrogens with zero attached hydrogens (tertiary/aromatic N) is 3. The number of aryl methyl sites for hydroxylation is 2. The van der Waals surface area contributed by atoms with Crippen molar-refractivity contribution in [2.75, 3.05) is 11.9 Å². The molecule has 0 bridgehead atoms. The van der Waals surface area contributed by atoms with Crippen molar-refractivity contribution in [1.82, 2.24) is 14.5 Å². The molecule has 4 aromatic carbocycles. The molecule has 5 aromatic rings. The quantitative estimate of drug-likeness (QED) is 0.225. The van der Waals surface area contributed by atoms with Crippen LogP contribution in [0.4, 0.5) is 5.95 Å². The van der Waals surface area contributed by atoms with E-state index in [-0.39, 0.29) is 18.4 Å². The highest BCUT2D eigenvalue weighted by Crippen LogP contribution is 2.26. The largest absolute Gasteiger partial charge is 0.325 e. The zero-order valence-corrected chi connectivity index (χ0v) is 23.1. The van der Waals surface area contributed by atoms with Crippen LogP contribution < -0.4 is 5.32 Å². The molecule has 1 N–H and O–H groups in total. The van der Waals surface area contributed by atoms with E-state index < -0.39 is 0 Å². The van der Waals surface area contributed by atoms with E-state index in [9.17, 15) is 9.59 Å². The number of hydrogen-bond donors (Lipinski definition) is 1. The van der Waals surface area contributed by atoms with E-state index in [2.05, 4.69) is 5.32 Å². The average molecular weight is 549 g/mol. The molecule has 5 rings (SSSR count). The molecule has 0 atom stereocenters. The first kappa shape index (κ1) is 26.9. The van der Waals surface area contributed by atoms with Crippen molar-refractivity contribution in [2.24, 2.45) is 0 Å². The molecule has 0 fully saturated rings. The number of rotatable bonds is 8. The van der Waals surface area contributed by atoms with Crippen LogP contribution in [0.2, 0.25) is 5.02 Å². The molecule has 7 heteroatoms. The molecule has 0 saturated heterocycles. The summed E-state index contributed by atoms with van der Waals surface area (Å²) < 4.78 is 1.84. The second kappa shape index (κ2) is 12.0. The minimum atomic E-state index is -0.348. The second-order valence-electron chi connectivity index (χ2n) is 9.67. The molecule has 6 nitrogen and oxygen atoms in total. The summed E-state index contributed by atoms with van der Waals surface area (Å²) in [5.41, 5.74) is 5.88. The fourth-order valence-electron chi connectivity index (χ4n) is 4.45. The Bertz CT molecular complexity index is 1630. The first-order valence-corrected chi connectivity index (χ1v) is 13.4. The molecule has 2 amide bonds. The number of aromatic nitrogens is 2. The summed E-state index contributed by atoms with van der Waals surface area (Å²) in [6.07, 6.45) is 1.88. The molecule has 0 aliphatic rings. The minimum absolute atomic E-state index is 0.140. The lowest BCUT2D eigenvalue weighted by atomic mass is 10.1. The standard InChI is InChI=1S/C33H29ClN4O2/c1-23-12-18-28(19-13-23)38-21-30(26-14-16-27(34)17-15-26)35-33(38)36-31(39)22-37(20-25-9-4-3-5-10-25)32(40)29-11-7-6-8-24(29)2/h3-19,21H,20,22H2,1-2H3,(H,35,36,39). The van der Waals surface area contributed by atoms with Gasteiger partial charge in [0.25, 0.3) is 5.91 Å². The third-order valence-electron chi connectivity index (χ3n) is 6.62. The van der Waals surface area contributed by atoms with Crippen LogP contribution in [0.5, 0.6) is 0 Å². The molecule has 200 valence electrons. The number of halogens is 1. The van der Waals surface area contributed by atoms with E-state index in [1.807, 2.05) is 110 Å². The summed E-state index contributed by atoms with van der Waals surface area (Å²) in [4.78, 5) is 33.4. The molecular weight excluding hydrogens is 520 g/mol. The van der Waals surface area contributed by atoms with E-state index in [0.29, 0.717) is 28.8 Å². The number of anilines is 1. The van der Waals surface area contributed by atoms with Crippen molar-refractivity contribution in [3.05, 3.63) is 137 Å².